The van der Waals surface area contributed by atoms with Crippen molar-refractivity contribution in [2.24, 2.45) is 0 Å². The molecule has 1 rings (SSSR count). The molecule has 1 N–H and O–H groups in total. The third-order valence-corrected chi connectivity index (χ3v) is 3.99. The highest BCUT2D eigenvalue weighted by Gasteiger charge is 2.24. The van der Waals surface area contributed by atoms with Crippen LogP contribution in [0.1, 0.15) is 45.2 Å². The van der Waals surface area contributed by atoms with Crippen LogP contribution in [0.4, 0.5) is 0 Å². The summed E-state index contributed by atoms with van der Waals surface area (Å²) in [4.78, 5) is 13.2. The molecule has 0 spiro atoms. The first-order chi connectivity index (χ1) is 8.99. The first-order valence-electron chi connectivity index (χ1n) is 6.72. The molecule has 19 heavy (non-hydrogen) atoms. The van der Waals surface area contributed by atoms with Crippen LogP contribution < -0.4 is 0 Å². The van der Waals surface area contributed by atoms with Crippen molar-refractivity contribution in [2.75, 3.05) is 6.54 Å². The first-order valence-corrected chi connectivity index (χ1v) is 7.51. The van der Waals surface area contributed by atoms with E-state index in [-0.39, 0.29) is 18.6 Å². The Bertz CT molecular complexity index is 422. The quantitative estimate of drug-likeness (QED) is 0.820. The molecule has 0 saturated carbocycles. The van der Waals surface area contributed by atoms with E-state index in [9.17, 15) is 4.79 Å². The molecule has 2 unspecified atom stereocenters. The van der Waals surface area contributed by atoms with Gasteiger partial charge in [0.25, 0.3) is 0 Å². The largest absolute Gasteiger partial charge is 0.480 e. The Kier molecular flexibility index (Phi) is 6.52. The summed E-state index contributed by atoms with van der Waals surface area (Å²) in [5.41, 5.74) is 1.17. The van der Waals surface area contributed by atoms with Crippen molar-refractivity contribution in [3.8, 4) is 0 Å². The van der Waals surface area contributed by atoms with E-state index in [4.69, 9.17) is 5.11 Å². The molecule has 0 bridgehead atoms. The van der Waals surface area contributed by atoms with Gasteiger partial charge in [0.15, 0.2) is 0 Å². The highest BCUT2D eigenvalue weighted by molar-refractivity contribution is 9.10. The summed E-state index contributed by atoms with van der Waals surface area (Å²) < 4.78 is 1.03. The number of carboxylic acid groups (broad SMARTS) is 1. The van der Waals surface area contributed by atoms with Gasteiger partial charge in [0.2, 0.25) is 0 Å². The highest BCUT2D eigenvalue weighted by atomic mass is 79.9. The number of carboxylic acids is 1. The molecule has 0 saturated heterocycles. The summed E-state index contributed by atoms with van der Waals surface area (Å²) in [6, 6.07) is 8.52. The molecule has 0 aromatic heterocycles. The second kappa shape index (κ2) is 7.65. The van der Waals surface area contributed by atoms with E-state index >= 15 is 0 Å². The molecule has 4 heteroatoms. The maximum atomic E-state index is 11.1. The van der Waals surface area contributed by atoms with Crippen LogP contribution >= 0.6 is 15.9 Å². The number of benzene rings is 1. The van der Waals surface area contributed by atoms with Crippen LogP contribution in [0, 0.1) is 0 Å². The molecular weight excluding hydrogens is 306 g/mol. The molecule has 0 aliphatic heterocycles. The molecule has 3 nitrogen and oxygen atoms in total. The average Bonchev–Trinajstić information content (AvgIpc) is 2.37. The minimum absolute atomic E-state index is 0.0834. The summed E-state index contributed by atoms with van der Waals surface area (Å²) >= 11 is 3.48. The molecule has 1 aromatic carbocycles. The normalized spacial score (nSPS) is 14.4. The van der Waals surface area contributed by atoms with Crippen LogP contribution in [0.3, 0.4) is 0 Å². The van der Waals surface area contributed by atoms with Gasteiger partial charge in [-0.25, -0.2) is 0 Å². The summed E-state index contributed by atoms with van der Waals surface area (Å²) in [6.07, 6.45) is 1.84. The first kappa shape index (κ1) is 16.2. The topological polar surface area (TPSA) is 40.5 Å². The van der Waals surface area contributed by atoms with Crippen LogP contribution in [0.5, 0.6) is 0 Å². The molecule has 0 aliphatic carbocycles. The zero-order chi connectivity index (χ0) is 14.4. The number of aliphatic carboxylic acids is 1. The third kappa shape index (κ3) is 4.62. The van der Waals surface area contributed by atoms with Gasteiger partial charge in [-0.2, -0.15) is 0 Å². The minimum atomic E-state index is -0.770. The standard InChI is InChI=1S/C15H22BrNO2/c1-4-11(3)17(10-15(18)19)14(5-2)12-7-6-8-13(16)9-12/h6-9,11,14H,4-5,10H2,1-3H3,(H,18,19). The zero-order valence-electron chi connectivity index (χ0n) is 11.8. The van der Waals surface area contributed by atoms with Crippen molar-refractivity contribution in [3.05, 3.63) is 34.3 Å². The van der Waals surface area contributed by atoms with Crippen molar-refractivity contribution in [3.63, 3.8) is 0 Å². The zero-order valence-corrected chi connectivity index (χ0v) is 13.4. The van der Waals surface area contributed by atoms with E-state index in [2.05, 4.69) is 53.7 Å². The Morgan fingerprint density at radius 1 is 1.37 bits per heavy atom. The SMILES string of the molecule is CCC(C)N(CC(=O)O)C(CC)c1cccc(Br)c1. The van der Waals surface area contributed by atoms with Crippen molar-refractivity contribution in [2.45, 2.75) is 45.7 Å². The summed E-state index contributed by atoms with van der Waals surface area (Å²) in [5.74, 6) is -0.770. The fraction of sp³-hybridized carbons (Fsp3) is 0.533. The third-order valence-electron chi connectivity index (χ3n) is 3.50. The fourth-order valence-corrected chi connectivity index (χ4v) is 2.76. The monoisotopic (exact) mass is 327 g/mol. The number of hydrogen-bond acceptors (Lipinski definition) is 2. The lowest BCUT2D eigenvalue weighted by Crippen LogP contribution is -2.39. The van der Waals surface area contributed by atoms with Gasteiger partial charge < -0.3 is 5.11 Å². The molecule has 0 amide bonds. The lowest BCUT2D eigenvalue weighted by Gasteiger charge is -2.35. The van der Waals surface area contributed by atoms with Crippen molar-refractivity contribution < 1.29 is 9.90 Å². The van der Waals surface area contributed by atoms with Crippen LogP contribution in [0.2, 0.25) is 0 Å². The second-order valence-electron chi connectivity index (χ2n) is 4.80. The van der Waals surface area contributed by atoms with E-state index in [1.54, 1.807) is 0 Å². The number of nitrogens with zero attached hydrogens (tertiary/aromatic N) is 1. The Labute approximate surface area is 123 Å². The van der Waals surface area contributed by atoms with Crippen molar-refractivity contribution >= 4 is 21.9 Å². The van der Waals surface area contributed by atoms with Crippen LogP contribution in [-0.2, 0) is 4.79 Å². The summed E-state index contributed by atoms with van der Waals surface area (Å²) in [7, 11) is 0. The molecule has 0 fully saturated rings. The van der Waals surface area contributed by atoms with Crippen LogP contribution in [0.15, 0.2) is 28.7 Å². The Hall–Kier alpha value is -0.870. The number of hydrogen-bond donors (Lipinski definition) is 1. The van der Waals surface area contributed by atoms with E-state index in [0.29, 0.717) is 0 Å². The van der Waals surface area contributed by atoms with E-state index in [1.165, 1.54) is 5.56 Å². The number of halogens is 1. The van der Waals surface area contributed by atoms with E-state index in [1.807, 2.05) is 12.1 Å². The van der Waals surface area contributed by atoms with Crippen LogP contribution in [0.25, 0.3) is 0 Å². The maximum absolute atomic E-state index is 11.1. The van der Waals surface area contributed by atoms with Crippen LogP contribution in [-0.4, -0.2) is 28.6 Å². The van der Waals surface area contributed by atoms with Gasteiger partial charge >= 0.3 is 5.97 Å². The van der Waals surface area contributed by atoms with Crippen molar-refractivity contribution in [1.29, 1.82) is 0 Å². The molecule has 1 aromatic rings. The molecule has 106 valence electrons. The average molecular weight is 328 g/mol. The number of carbonyl (C=O) groups is 1. The summed E-state index contributed by atoms with van der Waals surface area (Å²) in [5, 5.41) is 9.12. The Balaban J connectivity index is 3.04. The number of rotatable bonds is 7. The maximum Gasteiger partial charge on any atom is 0.317 e. The van der Waals surface area contributed by atoms with Crippen molar-refractivity contribution in [1.82, 2.24) is 4.90 Å². The van der Waals surface area contributed by atoms with Gasteiger partial charge in [0.05, 0.1) is 6.54 Å². The predicted octanol–water partition coefficient (Wildman–Crippen LogP) is 4.09. The van der Waals surface area contributed by atoms with Gasteiger partial charge in [-0.15, -0.1) is 0 Å². The second-order valence-corrected chi connectivity index (χ2v) is 5.72. The molecule has 2 atom stereocenters. The fourth-order valence-electron chi connectivity index (χ4n) is 2.34. The summed E-state index contributed by atoms with van der Waals surface area (Å²) in [6.45, 7) is 6.36. The molecule has 0 heterocycles. The molecule has 0 radical (unpaired) electrons. The van der Waals surface area contributed by atoms with E-state index < -0.39 is 5.97 Å². The van der Waals surface area contributed by atoms with Gasteiger partial charge in [-0.1, -0.05) is 41.9 Å². The van der Waals surface area contributed by atoms with Gasteiger partial charge in [0, 0.05) is 16.6 Å². The predicted molar refractivity (Wildman–Crippen MR) is 81.3 cm³/mol. The van der Waals surface area contributed by atoms with E-state index in [0.717, 1.165) is 17.3 Å². The minimum Gasteiger partial charge on any atom is -0.480 e. The lowest BCUT2D eigenvalue weighted by molar-refractivity contribution is -0.139. The lowest BCUT2D eigenvalue weighted by atomic mass is 10.0. The smallest absolute Gasteiger partial charge is 0.317 e. The van der Waals surface area contributed by atoms with Gasteiger partial charge in [-0.05, 0) is 37.5 Å². The van der Waals surface area contributed by atoms with Gasteiger partial charge in [-0.3, -0.25) is 9.69 Å². The molecule has 0 aliphatic rings. The highest BCUT2D eigenvalue weighted by Crippen LogP contribution is 2.28. The molecular formula is C15H22BrNO2. The van der Waals surface area contributed by atoms with Gasteiger partial charge in [0.1, 0.15) is 0 Å². The Morgan fingerprint density at radius 3 is 2.53 bits per heavy atom. The Morgan fingerprint density at radius 2 is 2.05 bits per heavy atom.